The highest BCUT2D eigenvalue weighted by Crippen LogP contribution is 2.38. The van der Waals surface area contributed by atoms with Gasteiger partial charge in [-0.3, -0.25) is 4.72 Å². The molecule has 2 aromatic rings. The van der Waals surface area contributed by atoms with Crippen molar-refractivity contribution in [2.75, 3.05) is 17.9 Å². The van der Waals surface area contributed by atoms with Crippen LogP contribution in [0.15, 0.2) is 21.5 Å². The maximum Gasteiger partial charge on any atom is 0.291 e. The van der Waals surface area contributed by atoms with E-state index < -0.39 is 21.5 Å². The lowest BCUT2D eigenvalue weighted by Gasteiger charge is -2.19. The predicted molar refractivity (Wildman–Crippen MR) is 80.8 cm³/mol. The Morgan fingerprint density at radius 2 is 1.87 bits per heavy atom. The van der Waals surface area contributed by atoms with Crippen LogP contribution in [0.25, 0.3) is 0 Å². The summed E-state index contributed by atoms with van der Waals surface area (Å²) in [5.74, 6) is 0.698. The van der Waals surface area contributed by atoms with Crippen molar-refractivity contribution < 1.29 is 26.7 Å². The first-order chi connectivity index (χ1) is 10.9. The zero-order valence-corrected chi connectivity index (χ0v) is 14.3. The van der Waals surface area contributed by atoms with Gasteiger partial charge in [0.2, 0.25) is 5.13 Å². The van der Waals surface area contributed by atoms with Crippen molar-refractivity contribution in [3.63, 3.8) is 0 Å². The number of sulfonamides is 1. The van der Waals surface area contributed by atoms with E-state index >= 15 is 0 Å². The van der Waals surface area contributed by atoms with E-state index in [0.717, 1.165) is 0 Å². The average Bonchev–Trinajstić information content (AvgIpc) is 2.94. The highest BCUT2D eigenvalue weighted by molar-refractivity contribution is 9.10. The van der Waals surface area contributed by atoms with Crippen molar-refractivity contribution in [2.24, 2.45) is 0 Å². The molecule has 1 aliphatic heterocycles. The van der Waals surface area contributed by atoms with Crippen LogP contribution in [-0.4, -0.2) is 31.8 Å². The van der Waals surface area contributed by atoms with Crippen molar-refractivity contribution in [1.82, 2.24) is 10.2 Å². The minimum atomic E-state index is -4.06. The fraction of sp³-hybridized carbons (Fsp3) is 0.273. The number of alkyl halides is 2. The van der Waals surface area contributed by atoms with Crippen LogP contribution in [-0.2, 0) is 10.0 Å². The summed E-state index contributed by atoms with van der Waals surface area (Å²) >= 11 is 3.61. The maximum absolute atomic E-state index is 12.5. The normalized spacial score (nSPS) is 14.1. The fourth-order valence-electron chi connectivity index (χ4n) is 1.79. The number of ether oxygens (including phenoxy) is 2. The Labute approximate surface area is 141 Å². The number of rotatable bonds is 4. The Balaban J connectivity index is 1.92. The van der Waals surface area contributed by atoms with Gasteiger partial charge in [0.25, 0.3) is 16.4 Å². The highest BCUT2D eigenvalue weighted by atomic mass is 79.9. The van der Waals surface area contributed by atoms with Gasteiger partial charge in [0.05, 0.1) is 0 Å². The molecule has 0 unspecified atom stereocenters. The summed E-state index contributed by atoms with van der Waals surface area (Å²) in [6.45, 7) is 0.667. The molecule has 23 heavy (non-hydrogen) atoms. The van der Waals surface area contributed by atoms with Crippen molar-refractivity contribution in [3.05, 3.63) is 21.6 Å². The second-order valence-corrected chi connectivity index (χ2v) is 7.79. The first kappa shape index (κ1) is 16.3. The molecule has 2 heterocycles. The van der Waals surface area contributed by atoms with Crippen molar-refractivity contribution in [1.29, 1.82) is 0 Å². The van der Waals surface area contributed by atoms with Gasteiger partial charge in [-0.15, -0.1) is 10.2 Å². The van der Waals surface area contributed by atoms with Crippen LogP contribution in [0.1, 0.15) is 11.4 Å². The lowest BCUT2D eigenvalue weighted by Crippen LogP contribution is -2.18. The maximum atomic E-state index is 12.5. The lowest BCUT2D eigenvalue weighted by molar-refractivity contribution is 0.150. The predicted octanol–water partition coefficient (Wildman–Crippen LogP) is 2.81. The molecule has 1 N–H and O–H groups in total. The first-order valence-corrected chi connectivity index (χ1v) is 9.19. The smallest absolute Gasteiger partial charge is 0.291 e. The highest BCUT2D eigenvalue weighted by Gasteiger charge is 2.25. The van der Waals surface area contributed by atoms with Gasteiger partial charge in [0, 0.05) is 10.5 Å². The van der Waals surface area contributed by atoms with Crippen LogP contribution >= 0.6 is 27.3 Å². The van der Waals surface area contributed by atoms with E-state index in [0.29, 0.717) is 30.3 Å². The molecule has 0 saturated carbocycles. The van der Waals surface area contributed by atoms with E-state index in [1.807, 2.05) is 0 Å². The molecule has 0 saturated heterocycles. The summed E-state index contributed by atoms with van der Waals surface area (Å²) in [7, 11) is -4.06. The number of hydrogen-bond donors (Lipinski definition) is 1. The Morgan fingerprint density at radius 3 is 2.48 bits per heavy atom. The number of anilines is 1. The number of hydrogen-bond acceptors (Lipinski definition) is 7. The van der Waals surface area contributed by atoms with Gasteiger partial charge in [-0.2, -0.15) is 0 Å². The number of aromatic nitrogens is 2. The van der Waals surface area contributed by atoms with Crippen molar-refractivity contribution >= 4 is 42.4 Å². The summed E-state index contributed by atoms with van der Waals surface area (Å²) in [5, 5.41) is 5.80. The summed E-state index contributed by atoms with van der Waals surface area (Å²) < 4.78 is 62.8. The lowest BCUT2D eigenvalue weighted by atomic mass is 10.3. The molecule has 0 radical (unpaired) electrons. The van der Waals surface area contributed by atoms with Gasteiger partial charge < -0.3 is 9.47 Å². The van der Waals surface area contributed by atoms with E-state index in [9.17, 15) is 17.2 Å². The third kappa shape index (κ3) is 3.38. The topological polar surface area (TPSA) is 90.4 Å². The van der Waals surface area contributed by atoms with E-state index in [-0.39, 0.29) is 20.2 Å². The van der Waals surface area contributed by atoms with Crippen LogP contribution in [0.4, 0.5) is 13.9 Å². The molecule has 0 atom stereocenters. The van der Waals surface area contributed by atoms with E-state index in [1.165, 1.54) is 12.1 Å². The molecular formula is C11H8BrF2N3O4S2. The van der Waals surface area contributed by atoms with Gasteiger partial charge >= 0.3 is 0 Å². The molecule has 1 aromatic heterocycles. The first-order valence-electron chi connectivity index (χ1n) is 6.10. The molecule has 0 amide bonds. The van der Waals surface area contributed by atoms with E-state index in [2.05, 4.69) is 30.8 Å². The minimum absolute atomic E-state index is 0.129. The molecule has 12 heteroatoms. The minimum Gasteiger partial charge on any atom is -0.486 e. The van der Waals surface area contributed by atoms with Crippen LogP contribution in [0, 0.1) is 0 Å². The number of halogens is 3. The van der Waals surface area contributed by atoms with Crippen molar-refractivity contribution in [2.45, 2.75) is 11.3 Å². The number of fused-ring (bicyclic) bond motifs is 1. The largest absolute Gasteiger partial charge is 0.486 e. The summed E-state index contributed by atoms with van der Waals surface area (Å²) in [5.41, 5.74) is 0. The third-order valence-corrected chi connectivity index (χ3v) is 6.01. The summed E-state index contributed by atoms with van der Waals surface area (Å²) in [4.78, 5) is -0.129. The molecule has 1 aromatic carbocycles. The SMILES string of the molecule is O=S(=O)(Nc1nnc(C(F)F)s1)c1cc2c(cc1Br)OCCO2. The fourth-order valence-corrected chi connectivity index (χ4v) is 4.65. The molecule has 0 spiro atoms. The van der Waals surface area contributed by atoms with Gasteiger partial charge in [-0.1, -0.05) is 11.3 Å². The Bertz CT molecular complexity index is 844. The Morgan fingerprint density at radius 1 is 1.22 bits per heavy atom. The molecule has 124 valence electrons. The molecule has 1 aliphatic rings. The van der Waals surface area contributed by atoms with Gasteiger partial charge in [-0.25, -0.2) is 17.2 Å². The summed E-state index contributed by atoms with van der Waals surface area (Å²) in [6, 6.07) is 2.75. The van der Waals surface area contributed by atoms with Gasteiger partial charge in [-0.05, 0) is 22.0 Å². The molecule has 0 fully saturated rings. The van der Waals surface area contributed by atoms with E-state index in [4.69, 9.17) is 9.47 Å². The van der Waals surface area contributed by atoms with E-state index in [1.54, 1.807) is 0 Å². The van der Waals surface area contributed by atoms with Crippen LogP contribution in [0.5, 0.6) is 11.5 Å². The third-order valence-electron chi connectivity index (χ3n) is 2.74. The second-order valence-electron chi connectivity index (χ2n) is 4.28. The van der Waals surface area contributed by atoms with Crippen LogP contribution < -0.4 is 14.2 Å². The quantitative estimate of drug-likeness (QED) is 0.806. The standard InChI is InChI=1S/C11H8BrF2N3O4S2/c12-5-3-6-7(21-2-1-20-6)4-8(5)23(18,19)17-11-16-15-10(22-11)9(13)14/h3-4,9H,1-2H2,(H,16,17). The molecular weight excluding hydrogens is 420 g/mol. The molecule has 0 aliphatic carbocycles. The molecule has 7 nitrogen and oxygen atoms in total. The number of nitrogens with zero attached hydrogens (tertiary/aromatic N) is 2. The van der Waals surface area contributed by atoms with Crippen molar-refractivity contribution in [3.8, 4) is 11.5 Å². The monoisotopic (exact) mass is 427 g/mol. The zero-order chi connectivity index (χ0) is 16.6. The summed E-state index contributed by atoms with van der Waals surface area (Å²) in [6.07, 6.45) is -2.81. The van der Waals surface area contributed by atoms with Gasteiger partial charge in [0.1, 0.15) is 18.1 Å². The number of benzene rings is 1. The van der Waals surface area contributed by atoms with Crippen LogP contribution in [0.3, 0.4) is 0 Å². The molecule has 0 bridgehead atoms. The zero-order valence-electron chi connectivity index (χ0n) is 11.1. The van der Waals surface area contributed by atoms with Gasteiger partial charge in [0.15, 0.2) is 16.5 Å². The van der Waals surface area contributed by atoms with Crippen LogP contribution in [0.2, 0.25) is 0 Å². The Hall–Kier alpha value is -1.53. The Kier molecular flexibility index (Phi) is 4.38. The average molecular weight is 428 g/mol. The second kappa shape index (κ2) is 6.17. The number of nitrogens with one attached hydrogen (secondary N) is 1. The molecule has 3 rings (SSSR count).